The van der Waals surface area contributed by atoms with Crippen LogP contribution < -0.4 is 0 Å². The number of nitrogens with zero attached hydrogens (tertiary/aromatic N) is 1. The molecule has 0 unspecified atom stereocenters. The second-order valence-electron chi connectivity index (χ2n) is 3.74. The van der Waals surface area contributed by atoms with E-state index in [1.54, 1.807) is 11.0 Å². The molecule has 17 heavy (non-hydrogen) atoms. The topological polar surface area (TPSA) is 60.8 Å². The Kier molecular flexibility index (Phi) is 4.57. The average molecular weight is 235 g/mol. The van der Waals surface area contributed by atoms with Gasteiger partial charge in [-0.05, 0) is 24.6 Å². The van der Waals surface area contributed by atoms with Crippen molar-refractivity contribution in [3.63, 3.8) is 0 Å². The SMILES string of the molecule is C=CCN(CCC)C(=O)c1ccc(O)c(O)c1. The van der Waals surface area contributed by atoms with E-state index < -0.39 is 0 Å². The number of carbonyl (C=O) groups excluding carboxylic acids is 1. The van der Waals surface area contributed by atoms with Crippen molar-refractivity contribution in [1.82, 2.24) is 4.90 Å². The smallest absolute Gasteiger partial charge is 0.254 e. The molecule has 0 spiro atoms. The molecule has 0 aliphatic heterocycles. The summed E-state index contributed by atoms with van der Waals surface area (Å²) >= 11 is 0. The van der Waals surface area contributed by atoms with E-state index in [0.717, 1.165) is 6.42 Å². The van der Waals surface area contributed by atoms with Crippen LogP contribution in [-0.2, 0) is 0 Å². The van der Waals surface area contributed by atoms with Gasteiger partial charge in [-0.3, -0.25) is 4.79 Å². The van der Waals surface area contributed by atoms with Crippen LogP contribution in [0.15, 0.2) is 30.9 Å². The molecule has 0 saturated heterocycles. The highest BCUT2D eigenvalue weighted by Crippen LogP contribution is 2.25. The predicted octanol–water partition coefficient (Wildman–Crippen LogP) is 2.14. The fourth-order valence-electron chi connectivity index (χ4n) is 1.54. The van der Waals surface area contributed by atoms with Crippen LogP contribution in [0.4, 0.5) is 0 Å². The molecule has 2 N–H and O–H groups in total. The number of phenolic OH excluding ortho intramolecular Hbond substituents is 2. The summed E-state index contributed by atoms with van der Waals surface area (Å²) in [7, 11) is 0. The molecule has 1 amide bonds. The Labute approximate surface area is 101 Å². The summed E-state index contributed by atoms with van der Waals surface area (Å²) < 4.78 is 0. The van der Waals surface area contributed by atoms with Gasteiger partial charge < -0.3 is 15.1 Å². The Hall–Kier alpha value is -1.97. The number of hydrogen-bond acceptors (Lipinski definition) is 3. The molecular formula is C13H17NO3. The van der Waals surface area contributed by atoms with Crippen LogP contribution in [-0.4, -0.2) is 34.1 Å². The van der Waals surface area contributed by atoms with Crippen molar-refractivity contribution < 1.29 is 15.0 Å². The van der Waals surface area contributed by atoms with Crippen LogP contribution in [0.2, 0.25) is 0 Å². The van der Waals surface area contributed by atoms with Crippen molar-refractivity contribution in [3.05, 3.63) is 36.4 Å². The molecule has 4 heteroatoms. The quantitative estimate of drug-likeness (QED) is 0.607. The molecule has 0 aromatic heterocycles. The summed E-state index contributed by atoms with van der Waals surface area (Å²) in [4.78, 5) is 13.7. The number of aromatic hydroxyl groups is 2. The molecular weight excluding hydrogens is 218 g/mol. The highest BCUT2D eigenvalue weighted by Gasteiger charge is 2.15. The largest absolute Gasteiger partial charge is 0.504 e. The van der Waals surface area contributed by atoms with Gasteiger partial charge in [-0.2, -0.15) is 0 Å². The maximum Gasteiger partial charge on any atom is 0.254 e. The normalized spacial score (nSPS) is 9.94. The van der Waals surface area contributed by atoms with E-state index in [9.17, 15) is 15.0 Å². The molecule has 0 heterocycles. The van der Waals surface area contributed by atoms with Crippen molar-refractivity contribution in [1.29, 1.82) is 0 Å². The zero-order valence-corrected chi connectivity index (χ0v) is 9.89. The number of rotatable bonds is 5. The minimum Gasteiger partial charge on any atom is -0.504 e. The lowest BCUT2D eigenvalue weighted by atomic mass is 10.1. The fraction of sp³-hybridized carbons (Fsp3) is 0.308. The Bertz CT molecular complexity index is 415. The molecule has 1 aromatic rings. The summed E-state index contributed by atoms with van der Waals surface area (Å²) in [5, 5.41) is 18.5. The summed E-state index contributed by atoms with van der Waals surface area (Å²) in [6, 6.07) is 4.06. The van der Waals surface area contributed by atoms with Crippen LogP contribution in [0.3, 0.4) is 0 Å². The van der Waals surface area contributed by atoms with Gasteiger partial charge in [-0.15, -0.1) is 6.58 Å². The molecule has 4 nitrogen and oxygen atoms in total. The lowest BCUT2D eigenvalue weighted by molar-refractivity contribution is 0.0773. The predicted molar refractivity (Wildman–Crippen MR) is 66.2 cm³/mol. The molecule has 1 aromatic carbocycles. The first-order valence-corrected chi connectivity index (χ1v) is 5.52. The first-order valence-electron chi connectivity index (χ1n) is 5.52. The summed E-state index contributed by atoms with van der Waals surface area (Å²) in [6.07, 6.45) is 2.51. The maximum atomic E-state index is 12.1. The van der Waals surface area contributed by atoms with Crippen molar-refractivity contribution in [2.45, 2.75) is 13.3 Å². The van der Waals surface area contributed by atoms with E-state index in [0.29, 0.717) is 18.7 Å². The van der Waals surface area contributed by atoms with E-state index in [1.165, 1.54) is 18.2 Å². The lowest BCUT2D eigenvalue weighted by Gasteiger charge is -2.20. The lowest BCUT2D eigenvalue weighted by Crippen LogP contribution is -2.31. The van der Waals surface area contributed by atoms with E-state index in [1.807, 2.05) is 6.92 Å². The van der Waals surface area contributed by atoms with Crippen LogP contribution in [0, 0.1) is 0 Å². The van der Waals surface area contributed by atoms with Gasteiger partial charge in [0.2, 0.25) is 0 Å². The minimum atomic E-state index is -0.286. The standard InChI is InChI=1S/C13H17NO3/c1-3-7-14(8-4-2)13(17)10-5-6-11(15)12(16)9-10/h3,5-6,9,15-16H,1,4,7-8H2,2H3. The number of hydrogen-bond donors (Lipinski definition) is 2. The molecule has 0 fully saturated rings. The van der Waals surface area contributed by atoms with Crippen molar-refractivity contribution in [2.24, 2.45) is 0 Å². The Balaban J connectivity index is 2.92. The Morgan fingerprint density at radius 1 is 1.41 bits per heavy atom. The summed E-state index contributed by atoms with van der Waals surface area (Å²) in [6.45, 7) is 6.69. The van der Waals surface area contributed by atoms with Crippen LogP contribution in [0.5, 0.6) is 11.5 Å². The molecule has 0 atom stereocenters. The number of carbonyl (C=O) groups is 1. The first kappa shape index (κ1) is 13.1. The van der Waals surface area contributed by atoms with Crippen molar-refractivity contribution in [3.8, 4) is 11.5 Å². The van der Waals surface area contributed by atoms with Crippen molar-refractivity contribution in [2.75, 3.05) is 13.1 Å². The molecule has 0 radical (unpaired) electrons. The first-order chi connectivity index (χ1) is 8.10. The summed E-state index contributed by atoms with van der Waals surface area (Å²) in [5.74, 6) is -0.694. The number of phenols is 2. The molecule has 92 valence electrons. The minimum absolute atomic E-state index is 0.179. The molecule has 1 rings (SSSR count). The van der Waals surface area contributed by atoms with Crippen LogP contribution in [0.1, 0.15) is 23.7 Å². The Morgan fingerprint density at radius 2 is 2.12 bits per heavy atom. The summed E-state index contributed by atoms with van der Waals surface area (Å²) in [5.41, 5.74) is 0.357. The van der Waals surface area contributed by atoms with Gasteiger partial charge in [0.15, 0.2) is 11.5 Å². The van der Waals surface area contributed by atoms with Gasteiger partial charge in [0.05, 0.1) is 0 Å². The third-order valence-corrected chi connectivity index (χ3v) is 2.35. The second kappa shape index (κ2) is 5.94. The average Bonchev–Trinajstić information content (AvgIpc) is 2.31. The van der Waals surface area contributed by atoms with E-state index in [2.05, 4.69) is 6.58 Å². The fourth-order valence-corrected chi connectivity index (χ4v) is 1.54. The van der Waals surface area contributed by atoms with Crippen molar-refractivity contribution >= 4 is 5.91 Å². The van der Waals surface area contributed by atoms with Gasteiger partial charge >= 0.3 is 0 Å². The number of benzene rings is 1. The third-order valence-electron chi connectivity index (χ3n) is 2.35. The molecule has 0 aliphatic rings. The van der Waals surface area contributed by atoms with Gasteiger partial charge in [0.25, 0.3) is 5.91 Å². The van der Waals surface area contributed by atoms with Gasteiger partial charge in [0, 0.05) is 18.7 Å². The second-order valence-corrected chi connectivity index (χ2v) is 3.74. The molecule has 0 bridgehead atoms. The highest BCUT2D eigenvalue weighted by molar-refractivity contribution is 5.95. The zero-order valence-electron chi connectivity index (χ0n) is 9.89. The highest BCUT2D eigenvalue weighted by atomic mass is 16.3. The van der Waals surface area contributed by atoms with Gasteiger partial charge in [0.1, 0.15) is 0 Å². The third kappa shape index (κ3) is 3.24. The Morgan fingerprint density at radius 3 is 2.65 bits per heavy atom. The maximum absolute atomic E-state index is 12.1. The van der Waals surface area contributed by atoms with E-state index >= 15 is 0 Å². The zero-order chi connectivity index (χ0) is 12.8. The van der Waals surface area contributed by atoms with Gasteiger partial charge in [-0.1, -0.05) is 13.0 Å². The van der Waals surface area contributed by atoms with Crippen LogP contribution >= 0.6 is 0 Å². The van der Waals surface area contributed by atoms with E-state index in [4.69, 9.17) is 0 Å². The van der Waals surface area contributed by atoms with Gasteiger partial charge in [-0.25, -0.2) is 0 Å². The number of amides is 1. The van der Waals surface area contributed by atoms with Crippen LogP contribution in [0.25, 0.3) is 0 Å². The monoisotopic (exact) mass is 235 g/mol. The van der Waals surface area contributed by atoms with E-state index in [-0.39, 0.29) is 17.4 Å². The molecule has 0 saturated carbocycles. The molecule has 0 aliphatic carbocycles.